The van der Waals surface area contributed by atoms with Gasteiger partial charge in [-0.15, -0.1) is 0 Å². The van der Waals surface area contributed by atoms with Crippen LogP contribution in [0.2, 0.25) is 0 Å². The van der Waals surface area contributed by atoms with Crippen molar-refractivity contribution in [1.82, 2.24) is 0 Å². The lowest BCUT2D eigenvalue weighted by Crippen LogP contribution is -2.05. The van der Waals surface area contributed by atoms with Gasteiger partial charge >= 0.3 is 5.97 Å². The van der Waals surface area contributed by atoms with E-state index in [9.17, 15) is 9.90 Å². The Morgan fingerprint density at radius 3 is 1.62 bits per heavy atom. The molecule has 0 aromatic carbocycles. The Bertz CT molecular complexity index is 266. The fraction of sp³-hybridized carbons (Fsp3) is 0.952. The first kappa shape index (κ1) is 23.4. The van der Waals surface area contributed by atoms with Gasteiger partial charge in [-0.05, 0) is 19.3 Å². The van der Waals surface area contributed by atoms with Gasteiger partial charge in [0.25, 0.3) is 0 Å². The van der Waals surface area contributed by atoms with Crippen molar-refractivity contribution in [3.8, 4) is 0 Å². The monoisotopic (exact) mass is 342 g/mol. The molecular formula is C21H42O3. The van der Waals surface area contributed by atoms with Crippen LogP contribution in [0.5, 0.6) is 0 Å². The van der Waals surface area contributed by atoms with Crippen LogP contribution >= 0.6 is 0 Å². The number of aliphatic hydroxyl groups excluding tert-OH is 1. The number of esters is 1. The molecule has 0 amide bonds. The van der Waals surface area contributed by atoms with Gasteiger partial charge in [0.15, 0.2) is 0 Å². The Morgan fingerprint density at radius 1 is 0.750 bits per heavy atom. The van der Waals surface area contributed by atoms with E-state index in [1.165, 1.54) is 84.2 Å². The smallest absolute Gasteiger partial charge is 0.305 e. The van der Waals surface area contributed by atoms with E-state index in [0.717, 1.165) is 25.7 Å². The lowest BCUT2D eigenvalue weighted by Gasteiger charge is -2.09. The van der Waals surface area contributed by atoms with Crippen LogP contribution in [0, 0.1) is 0 Å². The van der Waals surface area contributed by atoms with Crippen LogP contribution in [0.3, 0.4) is 0 Å². The summed E-state index contributed by atoms with van der Waals surface area (Å²) >= 11 is 0. The molecule has 0 aliphatic heterocycles. The van der Waals surface area contributed by atoms with Crippen molar-refractivity contribution in [2.24, 2.45) is 0 Å². The third-order valence-electron chi connectivity index (χ3n) is 4.79. The van der Waals surface area contributed by atoms with Crippen molar-refractivity contribution < 1.29 is 14.6 Å². The number of rotatable bonds is 18. The molecule has 1 N–H and O–H groups in total. The summed E-state index contributed by atoms with van der Waals surface area (Å²) in [6, 6.07) is 0. The van der Waals surface area contributed by atoms with E-state index < -0.39 is 0 Å². The molecule has 0 aliphatic carbocycles. The summed E-state index contributed by atoms with van der Waals surface area (Å²) < 4.78 is 4.63. The van der Waals surface area contributed by atoms with Gasteiger partial charge in [-0.25, -0.2) is 0 Å². The van der Waals surface area contributed by atoms with E-state index in [0.29, 0.717) is 6.42 Å². The molecule has 0 saturated heterocycles. The summed E-state index contributed by atoms with van der Waals surface area (Å²) in [5.41, 5.74) is 0. The Balaban J connectivity index is 3.11. The summed E-state index contributed by atoms with van der Waals surface area (Å²) in [4.78, 5) is 11.0. The molecule has 0 aromatic heterocycles. The highest BCUT2D eigenvalue weighted by Crippen LogP contribution is 2.14. The lowest BCUT2D eigenvalue weighted by atomic mass is 10.0. The third kappa shape index (κ3) is 17.8. The van der Waals surface area contributed by atoms with Crippen LogP contribution in [0.4, 0.5) is 0 Å². The van der Waals surface area contributed by atoms with Crippen LogP contribution in [-0.2, 0) is 9.53 Å². The van der Waals surface area contributed by atoms with Gasteiger partial charge in [0, 0.05) is 6.42 Å². The summed E-state index contributed by atoms with van der Waals surface area (Å²) in [5, 5.41) is 9.86. The predicted molar refractivity (Wildman–Crippen MR) is 102 cm³/mol. The maximum atomic E-state index is 11.0. The molecule has 1 unspecified atom stereocenters. The summed E-state index contributed by atoms with van der Waals surface area (Å²) in [6.07, 6.45) is 20.0. The number of unbranched alkanes of at least 4 members (excludes halogenated alkanes) is 12. The minimum Gasteiger partial charge on any atom is -0.469 e. The third-order valence-corrected chi connectivity index (χ3v) is 4.79. The molecule has 0 aliphatic rings. The minimum atomic E-state index is -0.0801. The molecule has 0 saturated carbocycles. The fourth-order valence-electron chi connectivity index (χ4n) is 3.12. The first-order valence-electron chi connectivity index (χ1n) is 10.5. The van der Waals surface area contributed by atoms with Gasteiger partial charge < -0.3 is 9.84 Å². The Kier molecular flexibility index (Phi) is 18.3. The van der Waals surface area contributed by atoms with Crippen molar-refractivity contribution in [3.63, 3.8) is 0 Å². The average molecular weight is 343 g/mol. The summed E-state index contributed by atoms with van der Waals surface area (Å²) in [6.45, 7) is 2.21. The Morgan fingerprint density at radius 2 is 1.17 bits per heavy atom. The number of hydrogen-bond donors (Lipinski definition) is 1. The van der Waals surface area contributed by atoms with Crippen molar-refractivity contribution in [2.75, 3.05) is 7.11 Å². The van der Waals surface area contributed by atoms with Crippen molar-refractivity contribution in [1.29, 1.82) is 0 Å². The van der Waals surface area contributed by atoms with Crippen LogP contribution in [-0.4, -0.2) is 24.3 Å². The average Bonchev–Trinajstić information content (AvgIpc) is 2.58. The Labute approximate surface area is 150 Å². The van der Waals surface area contributed by atoms with Crippen LogP contribution in [0.25, 0.3) is 0 Å². The standard InChI is InChI=1S/C21H42O3/c1-3-4-14-17-20(22)18-15-12-10-8-6-5-7-9-11-13-16-19-21(23)24-2/h20,22H,3-19H2,1-2H3. The highest BCUT2D eigenvalue weighted by Gasteiger charge is 2.03. The van der Waals surface area contributed by atoms with Crippen molar-refractivity contribution >= 4 is 5.97 Å². The van der Waals surface area contributed by atoms with E-state index >= 15 is 0 Å². The molecule has 0 radical (unpaired) electrons. The largest absolute Gasteiger partial charge is 0.469 e. The maximum absolute atomic E-state index is 11.0. The topological polar surface area (TPSA) is 46.5 Å². The van der Waals surface area contributed by atoms with Gasteiger partial charge in [-0.2, -0.15) is 0 Å². The molecule has 0 rings (SSSR count). The maximum Gasteiger partial charge on any atom is 0.305 e. The minimum absolute atomic E-state index is 0.0595. The lowest BCUT2D eigenvalue weighted by molar-refractivity contribution is -0.140. The van der Waals surface area contributed by atoms with Gasteiger partial charge in [0.1, 0.15) is 0 Å². The first-order valence-corrected chi connectivity index (χ1v) is 10.5. The predicted octanol–water partition coefficient (Wildman–Crippen LogP) is 6.17. The van der Waals surface area contributed by atoms with Crippen molar-refractivity contribution in [2.45, 2.75) is 122 Å². The first-order chi connectivity index (χ1) is 11.7. The normalized spacial score (nSPS) is 12.3. The molecule has 1 atom stereocenters. The number of hydrogen-bond acceptors (Lipinski definition) is 3. The highest BCUT2D eigenvalue weighted by molar-refractivity contribution is 5.68. The number of methoxy groups -OCH3 is 1. The highest BCUT2D eigenvalue weighted by atomic mass is 16.5. The van der Waals surface area contributed by atoms with Gasteiger partial charge in [0.2, 0.25) is 0 Å². The van der Waals surface area contributed by atoms with Crippen LogP contribution in [0.15, 0.2) is 0 Å². The fourth-order valence-corrected chi connectivity index (χ4v) is 3.12. The van der Waals surface area contributed by atoms with E-state index in [1.54, 1.807) is 0 Å². The van der Waals surface area contributed by atoms with E-state index in [-0.39, 0.29) is 12.1 Å². The summed E-state index contributed by atoms with van der Waals surface area (Å²) in [5.74, 6) is -0.0801. The SMILES string of the molecule is CCCCCC(O)CCCCCCCCCCCCCC(=O)OC. The van der Waals surface area contributed by atoms with Gasteiger partial charge in [-0.1, -0.05) is 90.4 Å². The molecule has 0 bridgehead atoms. The van der Waals surface area contributed by atoms with E-state index in [1.807, 2.05) is 0 Å². The second kappa shape index (κ2) is 18.8. The van der Waals surface area contributed by atoms with Crippen molar-refractivity contribution in [3.05, 3.63) is 0 Å². The zero-order valence-corrected chi connectivity index (χ0v) is 16.4. The van der Waals surface area contributed by atoms with Crippen LogP contribution < -0.4 is 0 Å². The zero-order chi connectivity index (χ0) is 17.9. The number of carbonyl (C=O) groups excluding carboxylic acids is 1. The van der Waals surface area contributed by atoms with Crippen LogP contribution in [0.1, 0.15) is 116 Å². The molecule has 0 fully saturated rings. The Hall–Kier alpha value is -0.570. The zero-order valence-electron chi connectivity index (χ0n) is 16.4. The van der Waals surface area contributed by atoms with Gasteiger partial charge in [-0.3, -0.25) is 4.79 Å². The number of ether oxygens (including phenoxy) is 1. The molecule has 3 nitrogen and oxygen atoms in total. The molecule has 0 aromatic rings. The number of carbonyl (C=O) groups is 1. The summed E-state index contributed by atoms with van der Waals surface area (Å²) in [7, 11) is 1.46. The van der Waals surface area contributed by atoms with E-state index in [4.69, 9.17) is 0 Å². The number of aliphatic hydroxyl groups is 1. The van der Waals surface area contributed by atoms with E-state index in [2.05, 4.69) is 11.7 Å². The molecule has 0 spiro atoms. The molecule has 24 heavy (non-hydrogen) atoms. The molecule has 3 heteroatoms. The second-order valence-corrected chi connectivity index (χ2v) is 7.15. The molecular weight excluding hydrogens is 300 g/mol. The molecule has 144 valence electrons. The quantitative estimate of drug-likeness (QED) is 0.239. The molecule has 0 heterocycles. The second-order valence-electron chi connectivity index (χ2n) is 7.15. The van der Waals surface area contributed by atoms with Gasteiger partial charge in [0.05, 0.1) is 13.2 Å².